The van der Waals surface area contributed by atoms with Gasteiger partial charge in [-0.3, -0.25) is 0 Å². The minimum Gasteiger partial charge on any atom is -0.320 e. The van der Waals surface area contributed by atoms with Crippen LogP contribution in [0.1, 0.15) is 36.8 Å². The molecular formula is C15H20FN. The first-order valence-corrected chi connectivity index (χ1v) is 6.70. The zero-order valence-electron chi connectivity index (χ0n) is 10.4. The van der Waals surface area contributed by atoms with Gasteiger partial charge in [0.15, 0.2) is 0 Å². The Hall–Kier alpha value is -0.890. The highest BCUT2D eigenvalue weighted by molar-refractivity contribution is 5.42. The molecule has 0 amide bonds. The molecular weight excluding hydrogens is 213 g/mol. The van der Waals surface area contributed by atoms with E-state index < -0.39 is 0 Å². The SMILES string of the molecule is CNCCC1CCc2cc(F)ccc2C12CC2. The number of rotatable bonds is 3. The quantitative estimate of drug-likeness (QED) is 0.846. The summed E-state index contributed by atoms with van der Waals surface area (Å²) in [5, 5.41) is 3.25. The molecule has 2 aliphatic carbocycles. The monoisotopic (exact) mass is 233 g/mol. The van der Waals surface area contributed by atoms with Gasteiger partial charge >= 0.3 is 0 Å². The predicted molar refractivity (Wildman–Crippen MR) is 67.7 cm³/mol. The Labute approximate surface area is 102 Å². The van der Waals surface area contributed by atoms with Crippen LogP contribution in [0.5, 0.6) is 0 Å². The summed E-state index contributed by atoms with van der Waals surface area (Å²) in [7, 11) is 2.02. The van der Waals surface area contributed by atoms with Crippen LogP contribution in [0, 0.1) is 11.7 Å². The minimum absolute atomic E-state index is 0.0757. The van der Waals surface area contributed by atoms with Gasteiger partial charge in [0.25, 0.3) is 0 Å². The van der Waals surface area contributed by atoms with Crippen LogP contribution in [0.2, 0.25) is 0 Å². The topological polar surface area (TPSA) is 12.0 Å². The van der Waals surface area contributed by atoms with E-state index in [4.69, 9.17) is 0 Å². The summed E-state index contributed by atoms with van der Waals surface area (Å²) in [6, 6.07) is 5.44. The van der Waals surface area contributed by atoms with Crippen LogP contribution in [0.4, 0.5) is 4.39 Å². The summed E-state index contributed by atoms with van der Waals surface area (Å²) in [6.07, 6.45) is 6.16. The van der Waals surface area contributed by atoms with E-state index in [1.807, 2.05) is 13.1 Å². The number of fused-ring (bicyclic) bond motifs is 2. The van der Waals surface area contributed by atoms with Crippen molar-refractivity contribution >= 4 is 0 Å². The van der Waals surface area contributed by atoms with Crippen molar-refractivity contribution in [2.75, 3.05) is 13.6 Å². The summed E-state index contributed by atoms with van der Waals surface area (Å²) in [5.41, 5.74) is 3.13. The smallest absolute Gasteiger partial charge is 0.123 e. The summed E-state index contributed by atoms with van der Waals surface area (Å²) >= 11 is 0. The molecule has 1 fully saturated rings. The fourth-order valence-corrected chi connectivity index (χ4v) is 3.63. The molecule has 1 nitrogen and oxygen atoms in total. The lowest BCUT2D eigenvalue weighted by Crippen LogP contribution is -2.29. The van der Waals surface area contributed by atoms with Crippen LogP contribution in [0.15, 0.2) is 18.2 Å². The molecule has 92 valence electrons. The van der Waals surface area contributed by atoms with Gasteiger partial charge in [0.05, 0.1) is 0 Å². The Morgan fingerprint density at radius 2 is 2.24 bits per heavy atom. The van der Waals surface area contributed by atoms with E-state index in [2.05, 4.69) is 5.32 Å². The van der Waals surface area contributed by atoms with Crippen molar-refractivity contribution in [3.8, 4) is 0 Å². The third-order valence-electron chi connectivity index (χ3n) is 4.68. The molecule has 1 saturated carbocycles. The zero-order chi connectivity index (χ0) is 11.9. The standard InChI is InChI=1S/C15H20FN/c1-17-9-6-12-3-2-11-10-13(16)4-5-14(11)15(12)7-8-15/h4-5,10,12,17H,2-3,6-9H2,1H3. The Morgan fingerprint density at radius 1 is 1.41 bits per heavy atom. The van der Waals surface area contributed by atoms with Gasteiger partial charge in [0.2, 0.25) is 0 Å². The molecule has 0 radical (unpaired) electrons. The van der Waals surface area contributed by atoms with Crippen LogP contribution in [-0.4, -0.2) is 13.6 Å². The van der Waals surface area contributed by atoms with Crippen molar-refractivity contribution in [1.82, 2.24) is 5.32 Å². The molecule has 0 saturated heterocycles. The maximum atomic E-state index is 13.3. The van der Waals surface area contributed by atoms with E-state index in [1.54, 1.807) is 12.1 Å². The molecule has 0 aliphatic heterocycles. The molecule has 1 unspecified atom stereocenters. The summed E-state index contributed by atoms with van der Waals surface area (Å²) in [4.78, 5) is 0. The Kier molecular flexibility index (Phi) is 2.70. The van der Waals surface area contributed by atoms with Crippen LogP contribution in [0.25, 0.3) is 0 Å². The molecule has 1 atom stereocenters. The summed E-state index contributed by atoms with van der Waals surface area (Å²) in [6.45, 7) is 1.10. The van der Waals surface area contributed by atoms with Crippen molar-refractivity contribution in [3.05, 3.63) is 35.1 Å². The molecule has 2 heteroatoms. The van der Waals surface area contributed by atoms with Gasteiger partial charge in [-0.2, -0.15) is 0 Å². The molecule has 0 aromatic heterocycles. The number of nitrogens with one attached hydrogen (secondary N) is 1. The molecule has 0 bridgehead atoms. The highest BCUT2D eigenvalue weighted by Crippen LogP contribution is 2.59. The van der Waals surface area contributed by atoms with Crippen LogP contribution in [0.3, 0.4) is 0 Å². The van der Waals surface area contributed by atoms with Crippen molar-refractivity contribution in [3.63, 3.8) is 0 Å². The van der Waals surface area contributed by atoms with Crippen LogP contribution < -0.4 is 5.32 Å². The van der Waals surface area contributed by atoms with Crippen LogP contribution >= 0.6 is 0 Å². The maximum absolute atomic E-state index is 13.3. The average Bonchev–Trinajstić information content (AvgIpc) is 3.10. The van der Waals surface area contributed by atoms with Crippen LogP contribution in [-0.2, 0) is 11.8 Å². The Balaban J connectivity index is 1.90. The van der Waals surface area contributed by atoms with E-state index >= 15 is 0 Å². The Morgan fingerprint density at radius 3 is 2.94 bits per heavy atom. The molecule has 1 aromatic rings. The molecule has 1 N–H and O–H groups in total. The van der Waals surface area contributed by atoms with Gasteiger partial charge in [-0.25, -0.2) is 4.39 Å². The van der Waals surface area contributed by atoms with E-state index in [0.717, 1.165) is 18.9 Å². The van der Waals surface area contributed by atoms with Crippen molar-refractivity contribution in [1.29, 1.82) is 0 Å². The highest BCUT2D eigenvalue weighted by Gasteiger charge is 2.52. The largest absolute Gasteiger partial charge is 0.320 e. The second-order valence-electron chi connectivity index (χ2n) is 5.59. The first kappa shape index (κ1) is 11.2. The maximum Gasteiger partial charge on any atom is 0.123 e. The number of aryl methyl sites for hydroxylation is 1. The van der Waals surface area contributed by atoms with E-state index in [1.165, 1.54) is 36.8 Å². The molecule has 1 spiro atoms. The number of hydrogen-bond acceptors (Lipinski definition) is 1. The minimum atomic E-state index is -0.0757. The van der Waals surface area contributed by atoms with Crippen molar-refractivity contribution < 1.29 is 4.39 Å². The van der Waals surface area contributed by atoms with E-state index in [9.17, 15) is 4.39 Å². The zero-order valence-corrected chi connectivity index (χ0v) is 10.4. The van der Waals surface area contributed by atoms with E-state index in [-0.39, 0.29) is 5.82 Å². The first-order valence-electron chi connectivity index (χ1n) is 6.70. The van der Waals surface area contributed by atoms with Gasteiger partial charge in [0.1, 0.15) is 5.82 Å². The first-order chi connectivity index (χ1) is 8.26. The third-order valence-corrected chi connectivity index (χ3v) is 4.68. The number of hydrogen-bond donors (Lipinski definition) is 1. The molecule has 3 rings (SSSR count). The Bertz CT molecular complexity index is 423. The molecule has 0 heterocycles. The van der Waals surface area contributed by atoms with E-state index in [0.29, 0.717) is 5.41 Å². The second kappa shape index (κ2) is 4.09. The van der Waals surface area contributed by atoms with Crippen molar-refractivity contribution in [2.24, 2.45) is 5.92 Å². The fraction of sp³-hybridized carbons (Fsp3) is 0.600. The third kappa shape index (κ3) is 1.79. The fourth-order valence-electron chi connectivity index (χ4n) is 3.63. The lowest BCUT2D eigenvalue weighted by molar-refractivity contribution is 0.327. The lowest BCUT2D eigenvalue weighted by Gasteiger charge is -2.34. The molecule has 1 aromatic carbocycles. The van der Waals surface area contributed by atoms with Gasteiger partial charge in [0, 0.05) is 0 Å². The molecule has 17 heavy (non-hydrogen) atoms. The van der Waals surface area contributed by atoms with Gasteiger partial charge in [-0.1, -0.05) is 6.07 Å². The highest BCUT2D eigenvalue weighted by atomic mass is 19.1. The van der Waals surface area contributed by atoms with Gasteiger partial charge < -0.3 is 5.32 Å². The lowest BCUT2D eigenvalue weighted by atomic mass is 9.71. The average molecular weight is 233 g/mol. The molecule has 2 aliphatic rings. The predicted octanol–water partition coefficient (Wildman–Crippen LogP) is 3.03. The van der Waals surface area contributed by atoms with Gasteiger partial charge in [-0.15, -0.1) is 0 Å². The second-order valence-corrected chi connectivity index (χ2v) is 5.59. The number of benzene rings is 1. The summed E-state index contributed by atoms with van der Waals surface area (Å²) in [5.74, 6) is 0.723. The normalized spacial score (nSPS) is 24.7. The van der Waals surface area contributed by atoms with Gasteiger partial charge in [-0.05, 0) is 80.3 Å². The number of halogens is 1. The van der Waals surface area contributed by atoms with Crippen molar-refractivity contribution in [2.45, 2.75) is 37.5 Å². The summed E-state index contributed by atoms with van der Waals surface area (Å²) < 4.78 is 13.3.